The number of nitrogens with two attached hydrogens (primary N) is 2. The molecule has 1 unspecified atom stereocenters. The molecule has 0 bridgehead atoms. The monoisotopic (exact) mass is 344 g/mol. The summed E-state index contributed by atoms with van der Waals surface area (Å²) in [4.78, 5) is 20.8. The van der Waals surface area contributed by atoms with E-state index in [2.05, 4.69) is 0 Å². The second-order valence-electron chi connectivity index (χ2n) is 6.06. The van der Waals surface area contributed by atoms with Crippen molar-refractivity contribution in [1.29, 1.82) is 0 Å². The van der Waals surface area contributed by atoms with Crippen molar-refractivity contribution < 1.29 is 19.4 Å². The van der Waals surface area contributed by atoms with Crippen LogP contribution < -0.4 is 16.2 Å². The summed E-state index contributed by atoms with van der Waals surface area (Å²) in [6.07, 6.45) is 0.825. The van der Waals surface area contributed by atoms with Crippen LogP contribution >= 0.6 is 0 Å². The van der Waals surface area contributed by atoms with Gasteiger partial charge in [0, 0.05) is 12.0 Å². The number of phenols is 1. The molecule has 2 aromatic rings. The lowest BCUT2D eigenvalue weighted by atomic mass is 9.92. The second-order valence-corrected chi connectivity index (χ2v) is 6.06. The molecule has 25 heavy (non-hydrogen) atoms. The third kappa shape index (κ3) is 6.02. The molecular weight excluding hydrogens is 320 g/mol. The van der Waals surface area contributed by atoms with Crippen molar-refractivity contribution >= 4 is 12.6 Å². The minimum absolute atomic E-state index is 0.0347. The van der Waals surface area contributed by atoms with Crippen LogP contribution in [0.5, 0.6) is 11.5 Å². The summed E-state index contributed by atoms with van der Waals surface area (Å²) in [5, 5.41) is 8.88. The molecule has 0 aliphatic rings. The Morgan fingerprint density at radius 1 is 1.04 bits per heavy atom. The first kappa shape index (κ1) is 20.3. The molecule has 0 aromatic heterocycles. The normalized spacial score (nSPS) is 11.7. The maximum atomic E-state index is 10.8. The van der Waals surface area contributed by atoms with Crippen LogP contribution in [0.15, 0.2) is 48.5 Å². The van der Waals surface area contributed by atoms with E-state index in [-0.39, 0.29) is 11.2 Å². The molecule has 0 fully saturated rings. The summed E-state index contributed by atoms with van der Waals surface area (Å²) in [5.41, 5.74) is 12.0. The average molecular weight is 344 g/mol. The smallest absolute Gasteiger partial charge is 0.154 e. The Morgan fingerprint density at radius 3 is 2.04 bits per heavy atom. The molecule has 6 nitrogen and oxygen atoms in total. The van der Waals surface area contributed by atoms with Crippen molar-refractivity contribution in [1.82, 2.24) is 0 Å². The summed E-state index contributed by atoms with van der Waals surface area (Å²) >= 11 is 0. The highest BCUT2D eigenvalue weighted by molar-refractivity contribution is 5.79. The number of carbonyl (C=O) groups excluding carboxylic acids is 2. The second kappa shape index (κ2) is 9.56. The first-order chi connectivity index (χ1) is 11.9. The number of para-hydroxylation sites is 2. The number of benzene rings is 2. The number of phenolic OH excluding ortho intramolecular Hbond substituents is 1. The number of carbonyl (C=O) groups is 2. The number of hydrogen-bond donors (Lipinski definition) is 3. The Balaban J connectivity index is 0.000000293. The number of hydrogen-bond acceptors (Lipinski definition) is 6. The highest BCUT2D eigenvalue weighted by atomic mass is 16.5. The van der Waals surface area contributed by atoms with E-state index in [1.165, 1.54) is 6.07 Å². The van der Waals surface area contributed by atoms with E-state index in [4.69, 9.17) is 21.3 Å². The van der Waals surface area contributed by atoms with Crippen molar-refractivity contribution in [3.63, 3.8) is 0 Å². The molecule has 0 saturated carbocycles. The fraction of sp³-hybridized carbons (Fsp3) is 0.263. The van der Waals surface area contributed by atoms with Crippen LogP contribution in [-0.2, 0) is 0 Å². The topological polar surface area (TPSA) is 116 Å². The molecule has 2 rings (SSSR count). The van der Waals surface area contributed by atoms with Gasteiger partial charge in [0.15, 0.2) is 18.8 Å². The predicted molar refractivity (Wildman–Crippen MR) is 96.8 cm³/mol. The van der Waals surface area contributed by atoms with Crippen LogP contribution in [0.25, 0.3) is 0 Å². The lowest BCUT2D eigenvalue weighted by Gasteiger charge is -2.30. The van der Waals surface area contributed by atoms with Gasteiger partial charge < -0.3 is 15.6 Å². The van der Waals surface area contributed by atoms with E-state index in [1.54, 1.807) is 42.5 Å². The summed E-state index contributed by atoms with van der Waals surface area (Å²) in [6.45, 7) is 4.25. The van der Waals surface area contributed by atoms with Gasteiger partial charge in [0.2, 0.25) is 0 Å². The molecule has 0 spiro atoms. The summed E-state index contributed by atoms with van der Waals surface area (Å²) < 4.78 is 5.56. The van der Waals surface area contributed by atoms with Crippen LogP contribution in [-0.4, -0.2) is 30.5 Å². The first-order valence-corrected chi connectivity index (χ1v) is 7.75. The largest absolute Gasteiger partial charge is 0.507 e. The van der Waals surface area contributed by atoms with Gasteiger partial charge in [-0.1, -0.05) is 38.1 Å². The van der Waals surface area contributed by atoms with E-state index in [9.17, 15) is 9.59 Å². The van der Waals surface area contributed by atoms with E-state index < -0.39 is 6.23 Å². The third-order valence-corrected chi connectivity index (χ3v) is 3.66. The Hall–Kier alpha value is -2.70. The Morgan fingerprint density at radius 2 is 1.56 bits per heavy atom. The average Bonchev–Trinajstić information content (AvgIpc) is 2.63. The third-order valence-electron chi connectivity index (χ3n) is 3.66. The molecule has 2 aromatic carbocycles. The quantitative estimate of drug-likeness (QED) is 0.547. The standard InChI is InChI=1S/C12H18N2O2.C7H6O2/c1-12(2,8-13)11(14)16-10-6-4-3-5-9(10)7-15;8-5-6-3-1-2-4-7(6)9/h3-7,11H,8,13-14H2,1-2H3;1-5,9H. The van der Waals surface area contributed by atoms with Gasteiger partial charge in [0.1, 0.15) is 11.5 Å². The molecule has 0 radical (unpaired) electrons. The maximum Gasteiger partial charge on any atom is 0.154 e. The molecule has 5 N–H and O–H groups in total. The van der Waals surface area contributed by atoms with E-state index in [1.807, 2.05) is 13.8 Å². The highest BCUT2D eigenvalue weighted by Crippen LogP contribution is 2.23. The highest BCUT2D eigenvalue weighted by Gasteiger charge is 2.27. The Bertz CT molecular complexity index is 701. The fourth-order valence-electron chi connectivity index (χ4n) is 1.68. The molecule has 0 aliphatic carbocycles. The minimum atomic E-state index is -0.543. The number of aldehydes is 2. The van der Waals surface area contributed by atoms with Gasteiger partial charge in [-0.15, -0.1) is 0 Å². The molecule has 134 valence electrons. The van der Waals surface area contributed by atoms with Crippen LogP contribution in [0.2, 0.25) is 0 Å². The van der Waals surface area contributed by atoms with Crippen molar-refractivity contribution in [2.24, 2.45) is 16.9 Å². The van der Waals surface area contributed by atoms with Crippen molar-refractivity contribution in [3.05, 3.63) is 59.7 Å². The van der Waals surface area contributed by atoms with Gasteiger partial charge in [-0.05, 0) is 24.3 Å². The van der Waals surface area contributed by atoms with E-state index in [0.717, 1.165) is 6.29 Å². The molecule has 0 aliphatic heterocycles. The Kier molecular flexibility index (Phi) is 7.78. The van der Waals surface area contributed by atoms with Crippen LogP contribution in [0, 0.1) is 5.41 Å². The number of rotatable bonds is 6. The lowest BCUT2D eigenvalue weighted by Crippen LogP contribution is -2.46. The molecule has 0 amide bonds. The SMILES string of the molecule is CC(C)(CN)C(N)Oc1ccccc1C=O.O=Cc1ccccc1O. The van der Waals surface area contributed by atoms with E-state index >= 15 is 0 Å². The van der Waals surface area contributed by atoms with Crippen LogP contribution in [0.4, 0.5) is 0 Å². The molecule has 0 heterocycles. The Labute approximate surface area is 147 Å². The van der Waals surface area contributed by atoms with Gasteiger partial charge in [-0.3, -0.25) is 15.3 Å². The fourth-order valence-corrected chi connectivity index (χ4v) is 1.68. The number of aromatic hydroxyl groups is 1. The van der Waals surface area contributed by atoms with Gasteiger partial charge in [0.25, 0.3) is 0 Å². The van der Waals surface area contributed by atoms with E-state index in [0.29, 0.717) is 29.7 Å². The lowest BCUT2D eigenvalue weighted by molar-refractivity contribution is 0.0832. The summed E-state index contributed by atoms with van der Waals surface area (Å²) in [7, 11) is 0. The minimum Gasteiger partial charge on any atom is -0.507 e. The van der Waals surface area contributed by atoms with Gasteiger partial charge in [0.05, 0.1) is 11.1 Å². The van der Waals surface area contributed by atoms with Gasteiger partial charge >= 0.3 is 0 Å². The van der Waals surface area contributed by atoms with Gasteiger partial charge in [-0.2, -0.15) is 0 Å². The van der Waals surface area contributed by atoms with Crippen molar-refractivity contribution in [3.8, 4) is 11.5 Å². The first-order valence-electron chi connectivity index (χ1n) is 7.75. The zero-order valence-electron chi connectivity index (χ0n) is 14.4. The molecular formula is C19H24N2O4. The summed E-state index contributed by atoms with van der Waals surface area (Å²) in [6, 6.07) is 13.4. The van der Waals surface area contributed by atoms with Crippen LogP contribution in [0.1, 0.15) is 34.6 Å². The van der Waals surface area contributed by atoms with Gasteiger partial charge in [-0.25, -0.2) is 0 Å². The maximum absolute atomic E-state index is 10.8. The molecule has 1 atom stereocenters. The zero-order valence-corrected chi connectivity index (χ0v) is 14.4. The zero-order chi connectivity index (χ0) is 18.9. The van der Waals surface area contributed by atoms with Crippen molar-refractivity contribution in [2.45, 2.75) is 20.1 Å². The molecule has 6 heteroatoms. The predicted octanol–water partition coefficient (Wildman–Crippen LogP) is 2.35. The van der Waals surface area contributed by atoms with Crippen LogP contribution in [0.3, 0.4) is 0 Å². The number of ether oxygens (including phenoxy) is 1. The van der Waals surface area contributed by atoms with Crippen molar-refractivity contribution in [2.75, 3.05) is 6.54 Å². The summed E-state index contributed by atoms with van der Waals surface area (Å²) in [5.74, 6) is 0.527. The molecule has 0 saturated heterocycles.